The molecule has 1 fully saturated rings. The Kier molecular flexibility index (Phi) is 8.40. The number of thiazole rings is 1. The average Bonchev–Trinajstić information content (AvgIpc) is 3.58. The second-order valence-corrected chi connectivity index (χ2v) is 12.8. The first-order valence-electron chi connectivity index (χ1n) is 12.9. The number of oxime groups is 1. The van der Waals surface area contributed by atoms with Crippen molar-refractivity contribution in [3.05, 3.63) is 34.7 Å². The number of carbonyl (C=O) groups excluding carboxylic acids is 2. The summed E-state index contributed by atoms with van der Waals surface area (Å²) in [5, 5.41) is 31.5. The van der Waals surface area contributed by atoms with E-state index in [0.29, 0.717) is 16.4 Å². The molecular formula is C24H27N10O7S3+. The Balaban J connectivity index is 1.35. The third-order valence-electron chi connectivity index (χ3n) is 6.96. The van der Waals surface area contributed by atoms with Gasteiger partial charge in [0.1, 0.15) is 28.6 Å². The molecule has 17 nitrogen and oxygen atoms in total. The second kappa shape index (κ2) is 11.9. The lowest BCUT2D eigenvalue weighted by Gasteiger charge is -2.49. The fourth-order valence-corrected chi connectivity index (χ4v) is 7.28. The quantitative estimate of drug-likeness (QED) is 0.0441. The number of aromatic nitrogens is 5. The Morgan fingerprint density at radius 3 is 2.70 bits per heavy atom. The molecule has 3 atom stereocenters. The van der Waals surface area contributed by atoms with E-state index in [1.54, 1.807) is 35.4 Å². The SMILES string of the molecule is CCC(C)(O/N=C(\C(=O)NC1C(=O)N2C(C(=O)O)=C(CSc3nc(N)cc4n3nc[n+]4C)CS[C@@H]12)c1csc(N)n1)C(=O)O. The number of rotatable bonds is 11. The number of fused-ring (bicyclic) bond motifs is 2. The van der Waals surface area contributed by atoms with Crippen LogP contribution in [0.15, 0.2) is 39.4 Å². The van der Waals surface area contributed by atoms with Crippen molar-refractivity contribution in [2.45, 2.75) is 42.4 Å². The fourth-order valence-electron chi connectivity index (χ4n) is 4.28. The molecule has 0 aromatic carbocycles. The summed E-state index contributed by atoms with van der Waals surface area (Å²) in [5.74, 6) is -3.37. The van der Waals surface area contributed by atoms with Gasteiger partial charge in [0.2, 0.25) is 5.60 Å². The number of β-lactam (4-membered cyclic amide) rings is 1. The largest absolute Gasteiger partial charge is 0.478 e. The second-order valence-electron chi connectivity index (χ2n) is 9.87. The number of nitrogens with one attached hydrogen (secondary N) is 1. The first kappa shape index (κ1) is 31.0. The number of anilines is 2. The standard InChI is InChI=1S/C24H26N10O7S3/c1-4-24(2,21(39)40)41-31-14(11-8-43-22(26)28-11)17(35)30-15-18(36)33-16(20(37)38)10(6-42-19(15)33)7-44-23-29-12(25)5-13-32(3)9-27-34(13)23/h5,8-9,15,19,25H,4,6-7H2,1-3H3,(H5,26,28,30,35,37,38,39,40)/p+1/b31-14-/t15?,19-,24?/m0/s1. The number of aliphatic carboxylic acids is 2. The van der Waals surface area contributed by atoms with E-state index in [9.17, 15) is 29.4 Å². The molecule has 3 aromatic heterocycles. The lowest BCUT2D eigenvalue weighted by atomic mass is 10.0. The molecule has 0 spiro atoms. The summed E-state index contributed by atoms with van der Waals surface area (Å²) >= 11 is 3.53. The van der Waals surface area contributed by atoms with Crippen LogP contribution < -0.4 is 21.4 Å². The average molecular weight is 664 g/mol. The van der Waals surface area contributed by atoms with Crippen molar-refractivity contribution >= 4 is 80.9 Å². The summed E-state index contributed by atoms with van der Waals surface area (Å²) in [6.45, 7) is 2.88. The van der Waals surface area contributed by atoms with Crippen LogP contribution in [0.3, 0.4) is 0 Å². The van der Waals surface area contributed by atoms with E-state index in [4.69, 9.17) is 16.3 Å². The number of hydrogen-bond acceptors (Lipinski definition) is 14. The molecule has 1 saturated heterocycles. The highest BCUT2D eigenvalue weighted by Crippen LogP contribution is 2.41. The highest BCUT2D eigenvalue weighted by molar-refractivity contribution is 8.01. The van der Waals surface area contributed by atoms with Crippen molar-refractivity contribution < 1.29 is 38.8 Å². The van der Waals surface area contributed by atoms with Gasteiger partial charge in [-0.3, -0.25) is 14.5 Å². The van der Waals surface area contributed by atoms with E-state index in [2.05, 4.69) is 25.5 Å². The molecule has 44 heavy (non-hydrogen) atoms. The predicted octanol–water partition coefficient (Wildman–Crippen LogP) is -0.320. The lowest BCUT2D eigenvalue weighted by molar-refractivity contribution is -0.646. The van der Waals surface area contributed by atoms with E-state index in [1.807, 2.05) is 0 Å². The van der Waals surface area contributed by atoms with Gasteiger partial charge in [-0.1, -0.05) is 23.8 Å². The van der Waals surface area contributed by atoms with Crippen molar-refractivity contribution in [2.24, 2.45) is 12.2 Å². The molecule has 0 aliphatic carbocycles. The Morgan fingerprint density at radius 1 is 1.32 bits per heavy atom. The van der Waals surface area contributed by atoms with Crippen LogP contribution in [-0.4, -0.2) is 92.7 Å². The maximum Gasteiger partial charge on any atom is 0.352 e. The maximum absolute atomic E-state index is 13.3. The topological polar surface area (TPSA) is 245 Å². The summed E-state index contributed by atoms with van der Waals surface area (Å²) in [7, 11) is 1.80. The normalized spacial score (nSPS) is 19.8. The minimum absolute atomic E-state index is 0.0224. The van der Waals surface area contributed by atoms with Gasteiger partial charge in [-0.05, 0) is 23.4 Å². The van der Waals surface area contributed by atoms with E-state index in [1.165, 1.54) is 35.8 Å². The van der Waals surface area contributed by atoms with Crippen molar-refractivity contribution in [3.8, 4) is 0 Å². The van der Waals surface area contributed by atoms with Crippen molar-refractivity contribution in [3.63, 3.8) is 0 Å². The number of hydrogen-bond donors (Lipinski definition) is 5. The van der Waals surface area contributed by atoms with Gasteiger partial charge in [-0.2, -0.15) is 4.98 Å². The zero-order valence-electron chi connectivity index (χ0n) is 23.5. The zero-order valence-corrected chi connectivity index (χ0v) is 25.9. The zero-order chi connectivity index (χ0) is 31.9. The fraction of sp³-hybridized carbons (Fsp3) is 0.375. The minimum Gasteiger partial charge on any atom is -0.478 e. The number of nitrogens with zero attached hydrogens (tertiary/aromatic N) is 7. The monoisotopic (exact) mass is 663 g/mol. The third kappa shape index (κ3) is 5.62. The molecule has 0 radical (unpaired) electrons. The van der Waals surface area contributed by atoms with E-state index in [0.717, 1.165) is 16.2 Å². The van der Waals surface area contributed by atoms with Crippen LogP contribution in [0.2, 0.25) is 0 Å². The molecule has 20 heteroatoms. The molecule has 2 amide bonds. The number of carbonyl (C=O) groups is 4. The Labute approximate surface area is 261 Å². The summed E-state index contributed by atoms with van der Waals surface area (Å²) in [4.78, 5) is 65.4. The first-order valence-corrected chi connectivity index (χ1v) is 15.8. The lowest BCUT2D eigenvalue weighted by Crippen LogP contribution is -2.71. The minimum atomic E-state index is -1.73. The summed E-state index contributed by atoms with van der Waals surface area (Å²) in [6.07, 6.45) is 1.63. The van der Waals surface area contributed by atoms with Crippen LogP contribution in [0, 0.1) is 0 Å². The van der Waals surface area contributed by atoms with Crippen LogP contribution in [0.5, 0.6) is 0 Å². The molecule has 5 heterocycles. The molecule has 2 unspecified atom stereocenters. The number of carboxylic acid groups (broad SMARTS) is 2. The summed E-state index contributed by atoms with van der Waals surface area (Å²) in [6, 6.07) is 0.571. The van der Waals surface area contributed by atoms with Gasteiger partial charge in [0.05, 0.1) is 13.1 Å². The Bertz CT molecular complexity index is 1750. The highest BCUT2D eigenvalue weighted by atomic mass is 32.2. The molecule has 232 valence electrons. The van der Waals surface area contributed by atoms with Crippen molar-refractivity contribution in [2.75, 3.05) is 23.0 Å². The van der Waals surface area contributed by atoms with Gasteiger partial charge in [-0.25, -0.2) is 19.1 Å². The molecular weight excluding hydrogens is 637 g/mol. The van der Waals surface area contributed by atoms with E-state index >= 15 is 0 Å². The van der Waals surface area contributed by atoms with Gasteiger partial charge >= 0.3 is 11.9 Å². The Hall–Kier alpha value is -4.43. The predicted molar refractivity (Wildman–Crippen MR) is 159 cm³/mol. The van der Waals surface area contributed by atoms with Crippen LogP contribution in [0.1, 0.15) is 26.0 Å². The van der Waals surface area contributed by atoms with Crippen molar-refractivity contribution in [1.82, 2.24) is 29.8 Å². The molecule has 2 aliphatic rings. The number of nitrogen functional groups attached to an aromatic ring is 2. The number of amides is 2. The maximum atomic E-state index is 13.3. The Morgan fingerprint density at radius 2 is 2.07 bits per heavy atom. The number of carboxylic acids is 2. The van der Waals surface area contributed by atoms with Gasteiger partial charge in [-0.15, -0.1) is 23.1 Å². The molecule has 5 rings (SSSR count). The van der Waals surface area contributed by atoms with Gasteiger partial charge in [0.25, 0.3) is 28.9 Å². The van der Waals surface area contributed by atoms with E-state index in [-0.39, 0.29) is 46.0 Å². The first-order chi connectivity index (χ1) is 20.8. The molecule has 2 aliphatic heterocycles. The van der Waals surface area contributed by atoms with Crippen LogP contribution in [-0.2, 0) is 31.1 Å². The van der Waals surface area contributed by atoms with Crippen LogP contribution in [0.25, 0.3) is 5.65 Å². The number of thioether (sulfide) groups is 2. The summed E-state index contributed by atoms with van der Waals surface area (Å²) < 4.78 is 3.35. The number of nitrogens with two attached hydrogens (primary N) is 2. The van der Waals surface area contributed by atoms with Crippen LogP contribution in [0.4, 0.5) is 10.9 Å². The molecule has 0 bridgehead atoms. The van der Waals surface area contributed by atoms with Crippen molar-refractivity contribution in [1.29, 1.82) is 0 Å². The molecule has 3 aromatic rings. The molecule has 7 N–H and O–H groups in total. The third-order valence-corrected chi connectivity index (χ3v) is 9.99. The smallest absolute Gasteiger partial charge is 0.352 e. The van der Waals surface area contributed by atoms with Gasteiger partial charge in [0.15, 0.2) is 10.8 Å². The van der Waals surface area contributed by atoms with Crippen LogP contribution >= 0.6 is 34.9 Å². The van der Waals surface area contributed by atoms with E-state index < -0.39 is 40.8 Å². The number of aryl methyl sites for hydroxylation is 1. The molecule has 0 saturated carbocycles. The highest BCUT2D eigenvalue weighted by Gasteiger charge is 2.54. The van der Waals surface area contributed by atoms with Gasteiger partial charge < -0.3 is 31.8 Å². The summed E-state index contributed by atoms with van der Waals surface area (Å²) in [5.41, 5.74) is 10.6. The van der Waals surface area contributed by atoms with Gasteiger partial charge in [0, 0.05) is 22.0 Å².